The van der Waals surface area contributed by atoms with Crippen molar-refractivity contribution in [2.75, 3.05) is 22.5 Å². The van der Waals surface area contributed by atoms with Crippen LogP contribution < -0.4 is 16.0 Å². The standard InChI is InChI=1S/C21H17F3N4O2/c22-21(23,24)15-3-1-4-16(11-15)26-13-19(29)27-17-5-2-6-18(12-17)28-20(30)14-7-9-25-10-8-14/h1-12,26H,13H2,(H,27,29)(H,28,30). The quantitative estimate of drug-likeness (QED) is 0.558. The second kappa shape index (κ2) is 9.08. The summed E-state index contributed by atoms with van der Waals surface area (Å²) < 4.78 is 38.3. The van der Waals surface area contributed by atoms with Crippen LogP contribution >= 0.6 is 0 Å². The molecule has 1 heterocycles. The Morgan fingerprint density at radius 3 is 2.17 bits per heavy atom. The molecule has 6 nitrogen and oxygen atoms in total. The highest BCUT2D eigenvalue weighted by Crippen LogP contribution is 2.30. The molecule has 2 aromatic carbocycles. The number of halogens is 3. The largest absolute Gasteiger partial charge is 0.416 e. The summed E-state index contributed by atoms with van der Waals surface area (Å²) in [6.45, 7) is -0.227. The fourth-order valence-electron chi connectivity index (χ4n) is 2.57. The molecule has 0 bridgehead atoms. The first-order chi connectivity index (χ1) is 14.3. The Hall–Kier alpha value is -3.88. The molecule has 0 saturated carbocycles. The number of amides is 2. The normalized spacial score (nSPS) is 10.9. The molecule has 1 aromatic heterocycles. The smallest absolute Gasteiger partial charge is 0.376 e. The minimum Gasteiger partial charge on any atom is -0.376 e. The maximum atomic E-state index is 12.8. The molecular formula is C21H17F3N4O2. The Morgan fingerprint density at radius 1 is 0.833 bits per heavy atom. The van der Waals surface area contributed by atoms with Gasteiger partial charge in [0.05, 0.1) is 12.1 Å². The van der Waals surface area contributed by atoms with Crippen molar-refractivity contribution in [2.45, 2.75) is 6.18 Å². The van der Waals surface area contributed by atoms with Crippen LogP contribution in [0.5, 0.6) is 0 Å². The molecule has 9 heteroatoms. The lowest BCUT2D eigenvalue weighted by atomic mass is 10.2. The molecule has 0 spiro atoms. The van der Waals surface area contributed by atoms with Gasteiger partial charge in [-0.15, -0.1) is 0 Å². The van der Waals surface area contributed by atoms with Crippen molar-refractivity contribution in [3.8, 4) is 0 Å². The number of nitrogens with one attached hydrogen (secondary N) is 3. The number of benzene rings is 2. The third-order valence-electron chi connectivity index (χ3n) is 3.99. The number of alkyl halides is 3. The van der Waals surface area contributed by atoms with Crippen LogP contribution in [0.25, 0.3) is 0 Å². The van der Waals surface area contributed by atoms with Gasteiger partial charge < -0.3 is 16.0 Å². The van der Waals surface area contributed by atoms with E-state index in [2.05, 4.69) is 20.9 Å². The SMILES string of the molecule is O=C(CNc1cccc(C(F)(F)F)c1)Nc1cccc(NC(=O)c2ccncc2)c1. The minimum atomic E-state index is -4.46. The minimum absolute atomic E-state index is 0.179. The maximum Gasteiger partial charge on any atom is 0.416 e. The van der Waals surface area contributed by atoms with Crippen molar-refractivity contribution >= 4 is 28.9 Å². The maximum absolute atomic E-state index is 12.8. The topological polar surface area (TPSA) is 83.1 Å². The van der Waals surface area contributed by atoms with Crippen LogP contribution in [0.15, 0.2) is 73.1 Å². The van der Waals surface area contributed by atoms with Crippen LogP contribution in [-0.2, 0) is 11.0 Å². The molecule has 3 rings (SSSR count). The Labute approximate surface area is 170 Å². The number of hydrogen-bond acceptors (Lipinski definition) is 4. The van der Waals surface area contributed by atoms with E-state index in [1.807, 2.05) is 0 Å². The molecule has 0 unspecified atom stereocenters. The lowest BCUT2D eigenvalue weighted by Gasteiger charge is -2.11. The summed E-state index contributed by atoms with van der Waals surface area (Å²) >= 11 is 0. The molecule has 0 atom stereocenters. The zero-order valence-corrected chi connectivity index (χ0v) is 15.5. The fourth-order valence-corrected chi connectivity index (χ4v) is 2.57. The molecule has 3 aromatic rings. The Kier molecular flexibility index (Phi) is 6.31. The number of aromatic nitrogens is 1. The molecule has 3 N–H and O–H groups in total. The zero-order valence-electron chi connectivity index (χ0n) is 15.5. The van der Waals surface area contributed by atoms with E-state index in [1.54, 1.807) is 36.4 Å². The van der Waals surface area contributed by atoms with Crippen LogP contribution in [0.1, 0.15) is 15.9 Å². The van der Waals surface area contributed by atoms with Gasteiger partial charge in [0.15, 0.2) is 0 Å². The molecule has 0 aliphatic carbocycles. The molecule has 2 amide bonds. The van der Waals surface area contributed by atoms with Gasteiger partial charge in [-0.25, -0.2) is 0 Å². The van der Waals surface area contributed by atoms with E-state index in [0.717, 1.165) is 12.1 Å². The summed E-state index contributed by atoms with van der Waals surface area (Å²) in [6, 6.07) is 14.2. The summed E-state index contributed by atoms with van der Waals surface area (Å²) in [5, 5.41) is 7.99. The lowest BCUT2D eigenvalue weighted by Crippen LogP contribution is -2.22. The number of rotatable bonds is 6. The number of hydrogen-bond donors (Lipinski definition) is 3. The average molecular weight is 414 g/mol. The van der Waals surface area contributed by atoms with Gasteiger partial charge in [0, 0.05) is 35.0 Å². The highest BCUT2D eigenvalue weighted by Gasteiger charge is 2.30. The predicted molar refractivity (Wildman–Crippen MR) is 107 cm³/mol. The van der Waals surface area contributed by atoms with Gasteiger partial charge >= 0.3 is 6.18 Å². The lowest BCUT2D eigenvalue weighted by molar-refractivity contribution is -0.137. The summed E-state index contributed by atoms with van der Waals surface area (Å²) in [6.07, 6.45) is -1.45. The van der Waals surface area contributed by atoms with Gasteiger partial charge in [0.2, 0.25) is 5.91 Å². The first kappa shape index (κ1) is 20.8. The van der Waals surface area contributed by atoms with Crippen molar-refractivity contribution < 1.29 is 22.8 Å². The number of anilines is 3. The zero-order chi connectivity index (χ0) is 21.6. The Morgan fingerprint density at radius 2 is 1.47 bits per heavy atom. The molecule has 0 saturated heterocycles. The molecule has 154 valence electrons. The van der Waals surface area contributed by atoms with E-state index in [1.165, 1.54) is 24.5 Å². The predicted octanol–water partition coefficient (Wildman–Crippen LogP) is 4.40. The third kappa shape index (κ3) is 5.81. The van der Waals surface area contributed by atoms with Gasteiger partial charge in [-0.05, 0) is 48.5 Å². The summed E-state index contributed by atoms with van der Waals surface area (Å²) in [5.74, 6) is -0.780. The Balaban J connectivity index is 1.57. The van der Waals surface area contributed by atoms with E-state index in [4.69, 9.17) is 0 Å². The average Bonchev–Trinajstić information content (AvgIpc) is 2.73. The van der Waals surface area contributed by atoms with Crippen LogP contribution in [0.3, 0.4) is 0 Å². The van der Waals surface area contributed by atoms with Crippen LogP contribution in [0.2, 0.25) is 0 Å². The second-order valence-electron chi connectivity index (χ2n) is 6.25. The number of nitrogens with zero attached hydrogens (tertiary/aromatic N) is 1. The van der Waals surface area contributed by atoms with E-state index in [-0.39, 0.29) is 18.1 Å². The van der Waals surface area contributed by atoms with E-state index in [0.29, 0.717) is 16.9 Å². The van der Waals surface area contributed by atoms with Crippen molar-refractivity contribution in [2.24, 2.45) is 0 Å². The van der Waals surface area contributed by atoms with Gasteiger partial charge in [0.25, 0.3) is 5.91 Å². The third-order valence-corrected chi connectivity index (χ3v) is 3.99. The molecule has 0 aliphatic rings. The van der Waals surface area contributed by atoms with E-state index in [9.17, 15) is 22.8 Å². The van der Waals surface area contributed by atoms with Gasteiger partial charge in [-0.2, -0.15) is 13.2 Å². The molecular weight excluding hydrogens is 397 g/mol. The van der Waals surface area contributed by atoms with Gasteiger partial charge in [-0.3, -0.25) is 14.6 Å². The summed E-state index contributed by atoms with van der Waals surface area (Å²) in [4.78, 5) is 28.2. The number of carbonyl (C=O) groups excluding carboxylic acids is 2. The molecule has 0 fully saturated rings. The van der Waals surface area contributed by atoms with Crippen LogP contribution in [-0.4, -0.2) is 23.3 Å². The summed E-state index contributed by atoms with van der Waals surface area (Å²) in [5.41, 5.74) is 0.715. The number of pyridine rings is 1. The molecule has 0 radical (unpaired) electrons. The highest BCUT2D eigenvalue weighted by atomic mass is 19.4. The summed E-state index contributed by atoms with van der Waals surface area (Å²) in [7, 11) is 0. The molecule has 30 heavy (non-hydrogen) atoms. The fraction of sp³-hybridized carbons (Fsp3) is 0.0952. The molecule has 0 aliphatic heterocycles. The van der Waals surface area contributed by atoms with Crippen LogP contribution in [0.4, 0.5) is 30.2 Å². The van der Waals surface area contributed by atoms with Crippen LogP contribution in [0, 0.1) is 0 Å². The van der Waals surface area contributed by atoms with E-state index >= 15 is 0 Å². The van der Waals surface area contributed by atoms with Gasteiger partial charge in [0.1, 0.15) is 0 Å². The van der Waals surface area contributed by atoms with Crippen molar-refractivity contribution in [1.29, 1.82) is 0 Å². The van der Waals surface area contributed by atoms with Gasteiger partial charge in [-0.1, -0.05) is 12.1 Å². The van der Waals surface area contributed by atoms with Crippen molar-refractivity contribution in [1.82, 2.24) is 4.98 Å². The highest BCUT2D eigenvalue weighted by molar-refractivity contribution is 6.04. The Bertz CT molecular complexity index is 1040. The number of carbonyl (C=O) groups is 2. The monoisotopic (exact) mass is 414 g/mol. The first-order valence-electron chi connectivity index (χ1n) is 8.84. The first-order valence-corrected chi connectivity index (χ1v) is 8.84. The van der Waals surface area contributed by atoms with Crippen molar-refractivity contribution in [3.63, 3.8) is 0 Å². The van der Waals surface area contributed by atoms with E-state index < -0.39 is 17.6 Å². The second-order valence-corrected chi connectivity index (χ2v) is 6.25. The van der Waals surface area contributed by atoms with Crippen molar-refractivity contribution in [3.05, 3.63) is 84.2 Å².